The molecule has 0 heterocycles. The molecule has 0 fully saturated rings. The van der Waals surface area contributed by atoms with E-state index in [1.54, 1.807) is 6.21 Å². The maximum atomic E-state index is 4.46. The highest BCUT2D eigenvalue weighted by atomic mass is 16.6. The summed E-state index contributed by atoms with van der Waals surface area (Å²) in [7, 11) is 1.53. The Morgan fingerprint density at radius 2 is 2.40 bits per heavy atom. The van der Waals surface area contributed by atoms with Gasteiger partial charge in [-0.05, 0) is 13.3 Å². The van der Waals surface area contributed by atoms with Crippen molar-refractivity contribution >= 4 is 6.21 Å². The first-order valence-corrected chi connectivity index (χ1v) is 3.21. The lowest BCUT2D eigenvalue weighted by molar-refractivity contribution is 0.214. The topological polar surface area (TPSA) is 21.6 Å². The minimum atomic E-state index is 0.682. The second-order valence-electron chi connectivity index (χ2n) is 1.61. The van der Waals surface area contributed by atoms with Crippen LogP contribution in [-0.4, -0.2) is 13.3 Å². The van der Waals surface area contributed by atoms with Gasteiger partial charge in [0, 0.05) is 19.1 Å². The van der Waals surface area contributed by atoms with Gasteiger partial charge in [-0.2, -0.15) is 0 Å². The summed E-state index contributed by atoms with van der Waals surface area (Å²) >= 11 is 0. The molecule has 55 valence electrons. The molecule has 2 nitrogen and oxygen atoms in total. The Kier molecular flexibility index (Phi) is 7.25. The molecule has 0 N–H and O–H groups in total. The van der Waals surface area contributed by atoms with Crippen LogP contribution in [0, 0.1) is 18.8 Å². The number of rotatable bonds is 3. The standard InChI is InChI=1S/C8H12NO/c1-3-4-5-6-7-8-9-10-2/h8H,1,3,6-7H2,2H3/b9-8+. The fraction of sp³-hybridized carbons (Fsp3) is 0.500. The van der Waals surface area contributed by atoms with Gasteiger partial charge in [0.1, 0.15) is 7.11 Å². The van der Waals surface area contributed by atoms with E-state index in [4.69, 9.17) is 0 Å². The van der Waals surface area contributed by atoms with Crippen molar-refractivity contribution in [1.82, 2.24) is 0 Å². The second kappa shape index (κ2) is 8.03. The van der Waals surface area contributed by atoms with Crippen LogP contribution in [0.1, 0.15) is 19.3 Å². The third-order valence-electron chi connectivity index (χ3n) is 0.828. The fourth-order valence-corrected chi connectivity index (χ4v) is 0.441. The van der Waals surface area contributed by atoms with Crippen molar-refractivity contribution in [2.45, 2.75) is 19.3 Å². The summed E-state index contributed by atoms with van der Waals surface area (Å²) in [4.78, 5) is 4.46. The zero-order valence-electron chi connectivity index (χ0n) is 6.26. The van der Waals surface area contributed by atoms with Crippen molar-refractivity contribution in [1.29, 1.82) is 0 Å². The summed E-state index contributed by atoms with van der Waals surface area (Å²) in [6.45, 7) is 3.59. The molecule has 0 saturated carbocycles. The average Bonchev–Trinajstić information content (AvgIpc) is 1.97. The second-order valence-corrected chi connectivity index (χ2v) is 1.61. The van der Waals surface area contributed by atoms with E-state index in [-0.39, 0.29) is 0 Å². The Labute approximate surface area is 62.3 Å². The van der Waals surface area contributed by atoms with Crippen molar-refractivity contribution in [2.75, 3.05) is 7.11 Å². The highest BCUT2D eigenvalue weighted by molar-refractivity contribution is 5.56. The minimum Gasteiger partial charge on any atom is -0.399 e. The Bertz CT molecular complexity index is 141. The molecule has 0 aliphatic heterocycles. The Balaban J connectivity index is 3.12. The Hall–Kier alpha value is -0.970. The first-order chi connectivity index (χ1) is 4.91. The predicted molar refractivity (Wildman–Crippen MR) is 42.5 cm³/mol. The Morgan fingerprint density at radius 1 is 1.60 bits per heavy atom. The van der Waals surface area contributed by atoms with E-state index in [1.165, 1.54) is 7.11 Å². The van der Waals surface area contributed by atoms with Crippen molar-refractivity contribution in [3.8, 4) is 11.8 Å². The van der Waals surface area contributed by atoms with Gasteiger partial charge in [0.15, 0.2) is 0 Å². The molecule has 0 aromatic rings. The zero-order chi connectivity index (χ0) is 7.66. The third-order valence-corrected chi connectivity index (χ3v) is 0.828. The minimum absolute atomic E-state index is 0.682. The summed E-state index contributed by atoms with van der Waals surface area (Å²) < 4.78 is 0. The summed E-state index contributed by atoms with van der Waals surface area (Å²) in [6.07, 6.45) is 4.07. The van der Waals surface area contributed by atoms with Crippen LogP contribution in [0.15, 0.2) is 5.16 Å². The van der Waals surface area contributed by atoms with E-state index in [0.29, 0.717) is 6.42 Å². The van der Waals surface area contributed by atoms with Gasteiger partial charge in [-0.15, -0.1) is 11.8 Å². The highest BCUT2D eigenvalue weighted by Gasteiger charge is 1.74. The van der Waals surface area contributed by atoms with E-state index in [1.807, 2.05) is 0 Å². The fourth-order valence-electron chi connectivity index (χ4n) is 0.441. The lowest BCUT2D eigenvalue weighted by Crippen LogP contribution is -1.75. The predicted octanol–water partition coefficient (Wildman–Crippen LogP) is 1.63. The molecular formula is C8H12NO. The van der Waals surface area contributed by atoms with Gasteiger partial charge >= 0.3 is 0 Å². The van der Waals surface area contributed by atoms with Gasteiger partial charge in [0.2, 0.25) is 0 Å². The van der Waals surface area contributed by atoms with Crippen molar-refractivity contribution in [3.05, 3.63) is 6.92 Å². The largest absolute Gasteiger partial charge is 0.399 e. The smallest absolute Gasteiger partial charge is 0.106 e. The molecule has 0 aromatic heterocycles. The summed E-state index contributed by atoms with van der Waals surface area (Å²) in [5.74, 6) is 5.80. The SMILES string of the molecule is [CH2]CC#CCC/C=N/OC. The molecule has 0 aromatic carbocycles. The molecule has 10 heavy (non-hydrogen) atoms. The molecule has 0 unspecified atom stereocenters. The third kappa shape index (κ3) is 7.03. The molecule has 0 aliphatic rings. The summed E-state index contributed by atoms with van der Waals surface area (Å²) in [6, 6.07) is 0. The zero-order valence-corrected chi connectivity index (χ0v) is 6.26. The van der Waals surface area contributed by atoms with Gasteiger partial charge in [0.05, 0.1) is 0 Å². The van der Waals surface area contributed by atoms with E-state index in [9.17, 15) is 0 Å². The van der Waals surface area contributed by atoms with E-state index in [0.717, 1.165) is 12.8 Å². The molecule has 1 radical (unpaired) electrons. The number of nitrogens with zero attached hydrogens (tertiary/aromatic N) is 1. The number of hydrogen-bond donors (Lipinski definition) is 0. The first kappa shape index (κ1) is 9.03. The summed E-state index contributed by atoms with van der Waals surface area (Å²) in [5.41, 5.74) is 0. The van der Waals surface area contributed by atoms with Crippen LogP contribution < -0.4 is 0 Å². The molecular weight excluding hydrogens is 126 g/mol. The van der Waals surface area contributed by atoms with Crippen LogP contribution in [0.2, 0.25) is 0 Å². The van der Waals surface area contributed by atoms with Crippen LogP contribution in [0.3, 0.4) is 0 Å². The average molecular weight is 138 g/mol. The van der Waals surface area contributed by atoms with E-state index >= 15 is 0 Å². The van der Waals surface area contributed by atoms with Crippen LogP contribution in [-0.2, 0) is 4.84 Å². The molecule has 0 saturated heterocycles. The molecule has 0 rings (SSSR count). The van der Waals surface area contributed by atoms with Crippen LogP contribution >= 0.6 is 0 Å². The van der Waals surface area contributed by atoms with Gasteiger partial charge in [0.25, 0.3) is 0 Å². The van der Waals surface area contributed by atoms with Gasteiger partial charge in [-0.3, -0.25) is 0 Å². The number of hydrogen-bond acceptors (Lipinski definition) is 2. The molecule has 0 atom stereocenters. The molecule has 0 spiro atoms. The van der Waals surface area contributed by atoms with Crippen LogP contribution in [0.4, 0.5) is 0 Å². The normalized spacial score (nSPS) is 9.00. The molecule has 0 amide bonds. The van der Waals surface area contributed by atoms with Crippen molar-refractivity contribution < 1.29 is 4.84 Å². The Morgan fingerprint density at radius 3 is 3.00 bits per heavy atom. The van der Waals surface area contributed by atoms with Gasteiger partial charge in [-0.25, -0.2) is 0 Å². The molecule has 2 heteroatoms. The maximum Gasteiger partial charge on any atom is 0.106 e. The van der Waals surface area contributed by atoms with Crippen LogP contribution in [0.5, 0.6) is 0 Å². The maximum absolute atomic E-state index is 4.46. The molecule has 0 aliphatic carbocycles. The molecule has 0 bridgehead atoms. The van der Waals surface area contributed by atoms with Crippen LogP contribution in [0.25, 0.3) is 0 Å². The van der Waals surface area contributed by atoms with E-state index in [2.05, 4.69) is 28.8 Å². The van der Waals surface area contributed by atoms with Crippen molar-refractivity contribution in [3.63, 3.8) is 0 Å². The lowest BCUT2D eigenvalue weighted by atomic mass is 10.3. The van der Waals surface area contributed by atoms with E-state index < -0.39 is 0 Å². The van der Waals surface area contributed by atoms with Gasteiger partial charge in [-0.1, -0.05) is 5.16 Å². The highest BCUT2D eigenvalue weighted by Crippen LogP contribution is 1.82. The number of oxime groups is 1. The lowest BCUT2D eigenvalue weighted by Gasteiger charge is -1.83. The van der Waals surface area contributed by atoms with Crippen molar-refractivity contribution in [2.24, 2.45) is 5.16 Å². The monoisotopic (exact) mass is 138 g/mol. The number of unbranched alkanes of at least 4 members (excludes halogenated alkanes) is 1. The quantitative estimate of drug-likeness (QED) is 0.251. The first-order valence-electron chi connectivity index (χ1n) is 3.21. The van der Waals surface area contributed by atoms with Gasteiger partial charge < -0.3 is 4.84 Å². The summed E-state index contributed by atoms with van der Waals surface area (Å²) in [5, 5.41) is 3.56.